The SMILES string of the molecule is O=C(N[C@H]1CCN2C(=O)[C@@H](Cc3ccc(O)cc3)NC(=O)[C@@H]2C1)c1ccco1. The Morgan fingerprint density at radius 1 is 1.25 bits per heavy atom. The molecular weight excluding hydrogens is 362 g/mol. The van der Waals surface area contributed by atoms with E-state index in [1.54, 1.807) is 41.3 Å². The molecule has 0 saturated carbocycles. The fourth-order valence-corrected chi connectivity index (χ4v) is 3.81. The average molecular weight is 383 g/mol. The number of phenols is 1. The second-order valence-electron chi connectivity index (χ2n) is 7.15. The molecule has 1 aromatic carbocycles. The Kier molecular flexibility index (Phi) is 4.77. The van der Waals surface area contributed by atoms with Crippen molar-refractivity contribution >= 4 is 17.7 Å². The van der Waals surface area contributed by atoms with Crippen LogP contribution in [-0.2, 0) is 16.0 Å². The maximum Gasteiger partial charge on any atom is 0.287 e. The lowest BCUT2D eigenvalue weighted by atomic mass is 9.91. The zero-order chi connectivity index (χ0) is 19.7. The molecule has 28 heavy (non-hydrogen) atoms. The third-order valence-corrected chi connectivity index (χ3v) is 5.26. The van der Waals surface area contributed by atoms with Crippen molar-refractivity contribution in [3.63, 3.8) is 0 Å². The average Bonchev–Trinajstić information content (AvgIpc) is 3.23. The van der Waals surface area contributed by atoms with E-state index in [1.807, 2.05) is 0 Å². The summed E-state index contributed by atoms with van der Waals surface area (Å²) in [5, 5.41) is 15.1. The number of piperazine rings is 1. The Balaban J connectivity index is 1.40. The third-order valence-electron chi connectivity index (χ3n) is 5.26. The number of piperidine rings is 1. The number of nitrogens with one attached hydrogen (secondary N) is 2. The Labute approximate surface area is 161 Å². The van der Waals surface area contributed by atoms with Gasteiger partial charge in [0, 0.05) is 19.0 Å². The van der Waals surface area contributed by atoms with Crippen molar-refractivity contribution in [2.24, 2.45) is 0 Å². The fourth-order valence-electron chi connectivity index (χ4n) is 3.81. The highest BCUT2D eigenvalue weighted by molar-refractivity contribution is 5.97. The summed E-state index contributed by atoms with van der Waals surface area (Å²) in [4.78, 5) is 39.2. The van der Waals surface area contributed by atoms with Gasteiger partial charge in [-0.3, -0.25) is 14.4 Å². The highest BCUT2D eigenvalue weighted by atomic mass is 16.3. The summed E-state index contributed by atoms with van der Waals surface area (Å²) in [6, 6.07) is 8.39. The van der Waals surface area contributed by atoms with E-state index in [-0.39, 0.29) is 35.3 Å². The van der Waals surface area contributed by atoms with E-state index in [9.17, 15) is 19.5 Å². The fraction of sp³-hybridized carbons (Fsp3) is 0.350. The predicted octanol–water partition coefficient (Wildman–Crippen LogP) is 0.816. The lowest BCUT2D eigenvalue weighted by molar-refractivity contribution is -0.151. The molecule has 2 aliphatic rings. The third kappa shape index (κ3) is 3.58. The second-order valence-corrected chi connectivity index (χ2v) is 7.15. The van der Waals surface area contributed by atoms with Crippen molar-refractivity contribution in [3.05, 3.63) is 54.0 Å². The molecule has 2 saturated heterocycles. The van der Waals surface area contributed by atoms with Crippen molar-refractivity contribution in [1.82, 2.24) is 15.5 Å². The van der Waals surface area contributed by atoms with Crippen LogP contribution in [0.3, 0.4) is 0 Å². The quantitative estimate of drug-likeness (QED) is 0.724. The van der Waals surface area contributed by atoms with Crippen molar-refractivity contribution in [2.75, 3.05) is 6.54 Å². The lowest BCUT2D eigenvalue weighted by Gasteiger charge is -2.44. The maximum atomic E-state index is 12.9. The molecule has 3 atom stereocenters. The van der Waals surface area contributed by atoms with Gasteiger partial charge in [-0.2, -0.15) is 0 Å². The van der Waals surface area contributed by atoms with Crippen LogP contribution in [0.4, 0.5) is 0 Å². The van der Waals surface area contributed by atoms with Crippen LogP contribution in [0.1, 0.15) is 29.0 Å². The van der Waals surface area contributed by atoms with Crippen LogP contribution in [0, 0.1) is 0 Å². The first-order chi connectivity index (χ1) is 13.5. The number of furan rings is 1. The number of hydrogen-bond acceptors (Lipinski definition) is 5. The normalized spacial score (nSPS) is 24.4. The number of phenolic OH excluding ortho intramolecular Hbond substituents is 1. The molecule has 0 radical (unpaired) electrons. The molecule has 3 N–H and O–H groups in total. The number of aromatic hydroxyl groups is 1. The van der Waals surface area contributed by atoms with Crippen LogP contribution in [0.15, 0.2) is 47.1 Å². The molecule has 2 fully saturated rings. The van der Waals surface area contributed by atoms with Crippen molar-refractivity contribution in [1.29, 1.82) is 0 Å². The van der Waals surface area contributed by atoms with Gasteiger partial charge in [-0.1, -0.05) is 12.1 Å². The van der Waals surface area contributed by atoms with Gasteiger partial charge in [-0.05, 0) is 42.7 Å². The van der Waals surface area contributed by atoms with Gasteiger partial charge >= 0.3 is 0 Å². The summed E-state index contributed by atoms with van der Waals surface area (Å²) >= 11 is 0. The monoisotopic (exact) mass is 383 g/mol. The summed E-state index contributed by atoms with van der Waals surface area (Å²) in [6.45, 7) is 0.409. The van der Waals surface area contributed by atoms with Gasteiger partial charge in [0.1, 0.15) is 17.8 Å². The molecule has 0 spiro atoms. The zero-order valence-corrected chi connectivity index (χ0v) is 15.1. The standard InChI is InChI=1S/C20H21N3O5/c24-14-5-3-12(4-6-14)10-15-20(27)23-8-7-13(11-16(23)18(25)22-15)21-19(26)17-2-1-9-28-17/h1-6,9,13,15-16,24H,7-8,10-11H2,(H,21,26)(H,22,25)/t13-,15+,16-/m0/s1. The minimum Gasteiger partial charge on any atom is -0.508 e. The van der Waals surface area contributed by atoms with E-state index >= 15 is 0 Å². The highest BCUT2D eigenvalue weighted by Crippen LogP contribution is 2.24. The number of fused-ring (bicyclic) bond motifs is 1. The smallest absolute Gasteiger partial charge is 0.287 e. The van der Waals surface area contributed by atoms with E-state index < -0.39 is 12.1 Å². The Hall–Kier alpha value is -3.29. The number of amides is 3. The summed E-state index contributed by atoms with van der Waals surface area (Å²) in [5.41, 5.74) is 0.857. The molecule has 3 amide bonds. The van der Waals surface area contributed by atoms with Crippen LogP contribution in [0.2, 0.25) is 0 Å². The summed E-state index contributed by atoms with van der Waals surface area (Å²) in [7, 11) is 0. The first-order valence-electron chi connectivity index (χ1n) is 9.24. The van der Waals surface area contributed by atoms with Gasteiger partial charge in [0.05, 0.1) is 6.26 Å². The first-order valence-corrected chi connectivity index (χ1v) is 9.24. The molecule has 2 aliphatic heterocycles. The van der Waals surface area contributed by atoms with E-state index in [0.717, 1.165) is 5.56 Å². The molecule has 0 aliphatic carbocycles. The Morgan fingerprint density at radius 3 is 2.75 bits per heavy atom. The highest BCUT2D eigenvalue weighted by Gasteiger charge is 2.44. The van der Waals surface area contributed by atoms with Crippen LogP contribution in [-0.4, -0.2) is 52.4 Å². The number of rotatable bonds is 4. The van der Waals surface area contributed by atoms with Gasteiger partial charge in [0.2, 0.25) is 11.8 Å². The second kappa shape index (κ2) is 7.38. The number of nitrogens with zero attached hydrogens (tertiary/aromatic N) is 1. The molecule has 8 heteroatoms. The number of carbonyl (C=O) groups excluding carboxylic acids is 3. The molecule has 2 aromatic rings. The number of benzene rings is 1. The number of hydrogen-bond donors (Lipinski definition) is 3. The molecule has 0 bridgehead atoms. The van der Waals surface area contributed by atoms with E-state index in [1.165, 1.54) is 6.26 Å². The summed E-state index contributed by atoms with van der Waals surface area (Å²) in [5.74, 6) is -0.271. The Morgan fingerprint density at radius 2 is 2.04 bits per heavy atom. The molecule has 146 valence electrons. The first kappa shape index (κ1) is 18.1. The van der Waals surface area contributed by atoms with Crippen LogP contribution in [0.5, 0.6) is 5.75 Å². The largest absolute Gasteiger partial charge is 0.508 e. The topological polar surface area (TPSA) is 112 Å². The molecule has 0 unspecified atom stereocenters. The van der Waals surface area contributed by atoms with Gasteiger partial charge in [-0.15, -0.1) is 0 Å². The maximum absolute atomic E-state index is 12.9. The predicted molar refractivity (Wildman–Crippen MR) is 98.4 cm³/mol. The van der Waals surface area contributed by atoms with E-state index in [4.69, 9.17) is 4.42 Å². The zero-order valence-electron chi connectivity index (χ0n) is 15.1. The molecule has 4 rings (SSSR count). The van der Waals surface area contributed by atoms with Gasteiger partial charge in [0.15, 0.2) is 5.76 Å². The van der Waals surface area contributed by atoms with Crippen LogP contribution in [0.25, 0.3) is 0 Å². The van der Waals surface area contributed by atoms with Crippen LogP contribution < -0.4 is 10.6 Å². The molecule has 8 nitrogen and oxygen atoms in total. The van der Waals surface area contributed by atoms with E-state index in [0.29, 0.717) is 25.8 Å². The number of carbonyl (C=O) groups is 3. The van der Waals surface area contributed by atoms with Crippen molar-refractivity contribution in [3.8, 4) is 5.75 Å². The van der Waals surface area contributed by atoms with Crippen molar-refractivity contribution in [2.45, 2.75) is 37.4 Å². The van der Waals surface area contributed by atoms with Crippen molar-refractivity contribution < 1.29 is 23.9 Å². The van der Waals surface area contributed by atoms with Gasteiger partial charge < -0.3 is 25.1 Å². The summed E-state index contributed by atoms with van der Waals surface area (Å²) < 4.78 is 5.09. The molecule has 1 aromatic heterocycles. The summed E-state index contributed by atoms with van der Waals surface area (Å²) in [6.07, 6.45) is 2.75. The lowest BCUT2D eigenvalue weighted by Crippen LogP contribution is -2.67. The van der Waals surface area contributed by atoms with Gasteiger partial charge in [-0.25, -0.2) is 0 Å². The van der Waals surface area contributed by atoms with Crippen LogP contribution >= 0.6 is 0 Å². The molecule has 3 heterocycles. The minimum atomic E-state index is -0.623. The van der Waals surface area contributed by atoms with Gasteiger partial charge in [0.25, 0.3) is 5.91 Å². The molecular formula is C20H21N3O5. The Bertz CT molecular complexity index is 878. The minimum absolute atomic E-state index is 0.117. The van der Waals surface area contributed by atoms with E-state index in [2.05, 4.69) is 10.6 Å².